The van der Waals surface area contributed by atoms with Gasteiger partial charge in [0, 0.05) is 18.3 Å². The van der Waals surface area contributed by atoms with Crippen molar-refractivity contribution in [2.24, 2.45) is 0 Å². The summed E-state index contributed by atoms with van der Waals surface area (Å²) < 4.78 is 0. The number of carbonyl (C=O) groups is 1. The number of amides is 1. The van der Waals surface area contributed by atoms with Crippen LogP contribution in [0.5, 0.6) is 0 Å². The second-order valence-electron chi connectivity index (χ2n) is 4.65. The highest BCUT2D eigenvalue weighted by Crippen LogP contribution is 2.42. The van der Waals surface area contributed by atoms with E-state index < -0.39 is 0 Å². The Balaban J connectivity index is 1.83. The minimum Gasteiger partial charge on any atom is -0.319 e. The predicted molar refractivity (Wildman–Crippen MR) is 70.9 cm³/mol. The number of nitrogens with one attached hydrogen (secondary N) is 1. The number of nitrogens with zero attached hydrogens (tertiary/aromatic N) is 3. The second-order valence-corrected chi connectivity index (χ2v) is 4.65. The van der Waals surface area contributed by atoms with Crippen molar-refractivity contribution in [3.05, 3.63) is 47.8 Å². The second kappa shape index (κ2) is 4.76. The van der Waals surface area contributed by atoms with Crippen molar-refractivity contribution in [2.75, 3.05) is 5.32 Å². The molecule has 96 valence electrons. The van der Waals surface area contributed by atoms with E-state index in [1.165, 1.54) is 0 Å². The normalized spacial score (nSPS) is 14.2. The molecule has 1 N–H and O–H groups in total. The van der Waals surface area contributed by atoms with Gasteiger partial charge in [0.1, 0.15) is 11.5 Å². The standard InChI is InChI=1S/C14H14N4O/c1-9-15-8-6-12(17-9)14(19)18-11-3-2-7-16-13(11)10-4-5-10/h2-3,6-8,10H,4-5H2,1H3,(H,18,19). The minimum atomic E-state index is -0.222. The average molecular weight is 254 g/mol. The zero-order valence-electron chi connectivity index (χ0n) is 10.6. The molecule has 0 spiro atoms. The van der Waals surface area contributed by atoms with Gasteiger partial charge >= 0.3 is 0 Å². The summed E-state index contributed by atoms with van der Waals surface area (Å²) in [5.74, 6) is 0.852. The largest absolute Gasteiger partial charge is 0.319 e. The molecule has 0 atom stereocenters. The number of pyridine rings is 1. The Kier molecular flexibility index (Phi) is 2.95. The number of hydrogen-bond donors (Lipinski definition) is 1. The van der Waals surface area contributed by atoms with Crippen LogP contribution in [-0.2, 0) is 0 Å². The molecule has 5 nitrogen and oxygen atoms in total. The molecule has 0 aliphatic heterocycles. The molecular weight excluding hydrogens is 240 g/mol. The van der Waals surface area contributed by atoms with Gasteiger partial charge in [-0.3, -0.25) is 9.78 Å². The quantitative estimate of drug-likeness (QED) is 0.912. The van der Waals surface area contributed by atoms with Crippen molar-refractivity contribution in [3.8, 4) is 0 Å². The van der Waals surface area contributed by atoms with Crippen LogP contribution in [-0.4, -0.2) is 20.9 Å². The van der Waals surface area contributed by atoms with Crippen LogP contribution < -0.4 is 5.32 Å². The first-order valence-electron chi connectivity index (χ1n) is 6.30. The van der Waals surface area contributed by atoms with Crippen molar-refractivity contribution in [1.29, 1.82) is 0 Å². The molecule has 1 saturated carbocycles. The molecular formula is C14H14N4O. The maximum atomic E-state index is 12.1. The van der Waals surface area contributed by atoms with Gasteiger partial charge in [-0.2, -0.15) is 0 Å². The zero-order valence-corrected chi connectivity index (χ0v) is 10.6. The summed E-state index contributed by atoms with van der Waals surface area (Å²) in [7, 11) is 0. The monoisotopic (exact) mass is 254 g/mol. The highest BCUT2D eigenvalue weighted by Gasteiger charge is 2.28. The summed E-state index contributed by atoms with van der Waals surface area (Å²) >= 11 is 0. The first-order chi connectivity index (χ1) is 9.24. The molecule has 3 rings (SSSR count). The lowest BCUT2D eigenvalue weighted by atomic mass is 10.2. The third-order valence-corrected chi connectivity index (χ3v) is 3.06. The van der Waals surface area contributed by atoms with E-state index in [2.05, 4.69) is 20.3 Å². The molecule has 2 aromatic heterocycles. The molecule has 0 aromatic carbocycles. The fraction of sp³-hybridized carbons (Fsp3) is 0.286. The Labute approximate surface area is 111 Å². The summed E-state index contributed by atoms with van der Waals surface area (Å²) in [5.41, 5.74) is 2.13. The average Bonchev–Trinajstić information content (AvgIpc) is 3.24. The number of anilines is 1. The predicted octanol–water partition coefficient (Wildman–Crippen LogP) is 2.31. The van der Waals surface area contributed by atoms with E-state index in [0.29, 0.717) is 17.4 Å². The Morgan fingerprint density at radius 3 is 2.84 bits per heavy atom. The van der Waals surface area contributed by atoms with Crippen LogP contribution in [0.1, 0.15) is 40.8 Å². The highest BCUT2D eigenvalue weighted by molar-refractivity contribution is 6.03. The SMILES string of the molecule is Cc1nccc(C(=O)Nc2cccnc2C2CC2)n1. The fourth-order valence-corrected chi connectivity index (χ4v) is 1.97. The summed E-state index contributed by atoms with van der Waals surface area (Å²) in [6.45, 7) is 1.76. The van der Waals surface area contributed by atoms with Gasteiger partial charge in [-0.05, 0) is 38.0 Å². The van der Waals surface area contributed by atoms with Gasteiger partial charge in [0.25, 0.3) is 5.91 Å². The summed E-state index contributed by atoms with van der Waals surface area (Å²) in [4.78, 5) is 24.6. The number of carbonyl (C=O) groups excluding carboxylic acids is 1. The van der Waals surface area contributed by atoms with Gasteiger partial charge in [-0.15, -0.1) is 0 Å². The molecule has 0 unspecified atom stereocenters. The third kappa shape index (κ3) is 2.59. The van der Waals surface area contributed by atoms with Crippen molar-refractivity contribution in [1.82, 2.24) is 15.0 Å². The van der Waals surface area contributed by atoms with Crippen LogP contribution in [0.4, 0.5) is 5.69 Å². The van der Waals surface area contributed by atoms with E-state index in [1.54, 1.807) is 25.4 Å². The maximum absolute atomic E-state index is 12.1. The Hall–Kier alpha value is -2.30. The van der Waals surface area contributed by atoms with Gasteiger partial charge in [-0.25, -0.2) is 9.97 Å². The summed E-state index contributed by atoms with van der Waals surface area (Å²) in [6.07, 6.45) is 5.64. The first-order valence-corrected chi connectivity index (χ1v) is 6.30. The first kappa shape index (κ1) is 11.8. The van der Waals surface area contributed by atoms with Crippen LogP contribution >= 0.6 is 0 Å². The summed E-state index contributed by atoms with van der Waals surface area (Å²) in [6, 6.07) is 5.31. The molecule has 0 bridgehead atoms. The van der Waals surface area contributed by atoms with Crippen molar-refractivity contribution < 1.29 is 4.79 Å². The molecule has 0 radical (unpaired) electrons. The molecule has 5 heteroatoms. The minimum absolute atomic E-state index is 0.222. The van der Waals surface area contributed by atoms with Gasteiger partial charge in [0.15, 0.2) is 0 Å². The number of hydrogen-bond acceptors (Lipinski definition) is 4. The van der Waals surface area contributed by atoms with E-state index in [9.17, 15) is 4.79 Å². The molecule has 2 aromatic rings. The van der Waals surface area contributed by atoms with Crippen LogP contribution in [0.15, 0.2) is 30.6 Å². The molecule has 0 saturated heterocycles. The number of rotatable bonds is 3. The van der Waals surface area contributed by atoms with E-state index in [1.807, 2.05) is 12.1 Å². The van der Waals surface area contributed by atoms with Crippen LogP contribution in [0.2, 0.25) is 0 Å². The lowest BCUT2D eigenvalue weighted by Crippen LogP contribution is -2.15. The zero-order chi connectivity index (χ0) is 13.2. The highest BCUT2D eigenvalue weighted by atomic mass is 16.1. The van der Waals surface area contributed by atoms with Gasteiger partial charge in [0.2, 0.25) is 0 Å². The van der Waals surface area contributed by atoms with Gasteiger partial charge < -0.3 is 5.32 Å². The van der Waals surface area contributed by atoms with E-state index in [4.69, 9.17) is 0 Å². The van der Waals surface area contributed by atoms with Crippen molar-refractivity contribution in [3.63, 3.8) is 0 Å². The molecule has 19 heavy (non-hydrogen) atoms. The van der Waals surface area contributed by atoms with Crippen molar-refractivity contribution >= 4 is 11.6 Å². The summed E-state index contributed by atoms with van der Waals surface area (Å²) in [5, 5.41) is 2.88. The third-order valence-electron chi connectivity index (χ3n) is 3.06. The fourth-order valence-electron chi connectivity index (χ4n) is 1.97. The smallest absolute Gasteiger partial charge is 0.274 e. The van der Waals surface area contributed by atoms with Crippen molar-refractivity contribution in [2.45, 2.75) is 25.7 Å². The van der Waals surface area contributed by atoms with Crippen LogP contribution in [0.3, 0.4) is 0 Å². The Morgan fingerprint density at radius 2 is 2.11 bits per heavy atom. The van der Waals surface area contributed by atoms with E-state index in [0.717, 1.165) is 24.2 Å². The number of aryl methyl sites for hydroxylation is 1. The molecule has 1 aliphatic rings. The molecule has 1 aliphatic carbocycles. The van der Waals surface area contributed by atoms with Gasteiger partial charge in [-0.1, -0.05) is 0 Å². The number of aromatic nitrogens is 3. The topological polar surface area (TPSA) is 67.8 Å². The lowest BCUT2D eigenvalue weighted by Gasteiger charge is -2.09. The van der Waals surface area contributed by atoms with E-state index >= 15 is 0 Å². The Bertz CT molecular complexity index is 622. The van der Waals surface area contributed by atoms with Gasteiger partial charge in [0.05, 0.1) is 11.4 Å². The Morgan fingerprint density at radius 1 is 1.26 bits per heavy atom. The lowest BCUT2D eigenvalue weighted by molar-refractivity contribution is 0.102. The maximum Gasteiger partial charge on any atom is 0.274 e. The van der Waals surface area contributed by atoms with Crippen LogP contribution in [0, 0.1) is 6.92 Å². The molecule has 2 heterocycles. The molecule has 1 fully saturated rings. The van der Waals surface area contributed by atoms with E-state index in [-0.39, 0.29) is 5.91 Å². The molecule has 1 amide bonds. The van der Waals surface area contributed by atoms with Crippen LogP contribution in [0.25, 0.3) is 0 Å².